The maximum absolute atomic E-state index is 12.5. The molecule has 0 aliphatic rings. The van der Waals surface area contributed by atoms with Gasteiger partial charge in [-0.2, -0.15) is 5.10 Å². The van der Waals surface area contributed by atoms with Crippen LogP contribution in [-0.4, -0.2) is 32.3 Å². The van der Waals surface area contributed by atoms with Crippen LogP contribution in [0.25, 0.3) is 0 Å². The Balaban J connectivity index is 1.76. The summed E-state index contributed by atoms with van der Waals surface area (Å²) in [6, 6.07) is 17.2. The highest BCUT2D eigenvalue weighted by Crippen LogP contribution is 2.34. The van der Waals surface area contributed by atoms with E-state index in [4.69, 9.17) is 14.2 Å². The SMILES string of the molecule is COc1ccc(Br)cc1C(=O)N/N=C\c1cc(I)c(OC(=O)c2ccccc2)c(OC)c1. The van der Waals surface area contributed by atoms with Crippen molar-refractivity contribution in [2.45, 2.75) is 0 Å². The van der Waals surface area contributed by atoms with E-state index in [2.05, 4.69) is 26.5 Å². The number of nitrogens with one attached hydrogen (secondary N) is 1. The number of nitrogens with zero attached hydrogens (tertiary/aromatic N) is 1. The van der Waals surface area contributed by atoms with Gasteiger partial charge in [-0.05, 0) is 70.6 Å². The maximum Gasteiger partial charge on any atom is 0.343 e. The average Bonchev–Trinajstić information content (AvgIpc) is 2.80. The number of amides is 1. The summed E-state index contributed by atoms with van der Waals surface area (Å²) in [6.07, 6.45) is 1.47. The topological polar surface area (TPSA) is 86.2 Å². The molecule has 0 aliphatic carbocycles. The minimum absolute atomic E-state index is 0.307. The molecule has 1 N–H and O–H groups in total. The van der Waals surface area contributed by atoms with E-state index in [1.54, 1.807) is 54.6 Å². The van der Waals surface area contributed by atoms with Crippen LogP contribution in [0.2, 0.25) is 0 Å². The van der Waals surface area contributed by atoms with Crippen LogP contribution in [0, 0.1) is 3.57 Å². The van der Waals surface area contributed by atoms with Crippen LogP contribution in [0.3, 0.4) is 0 Å². The Kier molecular flexibility index (Phi) is 8.23. The molecule has 0 saturated carbocycles. The van der Waals surface area contributed by atoms with Gasteiger partial charge in [0.2, 0.25) is 0 Å². The molecule has 1 amide bonds. The molecule has 3 aromatic rings. The summed E-state index contributed by atoms with van der Waals surface area (Å²) < 4.78 is 17.5. The van der Waals surface area contributed by atoms with Gasteiger partial charge in [-0.3, -0.25) is 4.79 Å². The second-order valence-corrected chi connectivity index (χ2v) is 8.41. The lowest BCUT2D eigenvalue weighted by Gasteiger charge is -2.12. The lowest BCUT2D eigenvalue weighted by atomic mass is 10.2. The van der Waals surface area contributed by atoms with Gasteiger partial charge in [-0.15, -0.1) is 0 Å². The zero-order valence-corrected chi connectivity index (χ0v) is 20.8. The van der Waals surface area contributed by atoms with Crippen LogP contribution in [0.4, 0.5) is 0 Å². The molecule has 0 saturated heterocycles. The summed E-state index contributed by atoms with van der Waals surface area (Å²) in [5.41, 5.74) is 3.90. The van der Waals surface area contributed by atoms with Crippen molar-refractivity contribution >= 4 is 56.6 Å². The first-order chi connectivity index (χ1) is 15.4. The number of ether oxygens (including phenoxy) is 3. The molecule has 0 heterocycles. The molecular formula is C23H18BrIN2O5. The standard InChI is InChI=1S/C23H18BrIN2O5/c1-30-19-9-8-16(24)12-17(19)22(28)27-26-13-14-10-18(25)21(20(11-14)31-2)32-23(29)15-6-4-3-5-7-15/h3-13H,1-2H3,(H,27,28)/b26-13-. The predicted octanol–water partition coefficient (Wildman–Crippen LogP) is 5.05. The number of rotatable bonds is 7. The highest BCUT2D eigenvalue weighted by atomic mass is 127. The Morgan fingerprint density at radius 3 is 2.41 bits per heavy atom. The van der Waals surface area contributed by atoms with Gasteiger partial charge in [0, 0.05) is 4.47 Å². The first-order valence-electron chi connectivity index (χ1n) is 9.24. The third-order valence-corrected chi connectivity index (χ3v) is 5.54. The molecule has 7 nitrogen and oxygen atoms in total. The zero-order chi connectivity index (χ0) is 23.1. The number of methoxy groups -OCH3 is 2. The van der Waals surface area contributed by atoms with Crippen LogP contribution >= 0.6 is 38.5 Å². The Hall–Kier alpha value is -2.92. The second kappa shape index (κ2) is 11.1. The Morgan fingerprint density at radius 2 is 1.72 bits per heavy atom. The van der Waals surface area contributed by atoms with E-state index in [9.17, 15) is 9.59 Å². The number of carbonyl (C=O) groups excluding carboxylic acids is 2. The number of halogens is 2. The third-order valence-electron chi connectivity index (χ3n) is 4.24. The molecular weight excluding hydrogens is 591 g/mol. The third kappa shape index (κ3) is 5.86. The molecule has 164 valence electrons. The van der Waals surface area contributed by atoms with Crippen molar-refractivity contribution in [3.8, 4) is 17.2 Å². The van der Waals surface area contributed by atoms with Crippen LogP contribution in [0.5, 0.6) is 17.2 Å². The molecule has 0 bridgehead atoms. The van der Waals surface area contributed by atoms with Gasteiger partial charge in [-0.1, -0.05) is 34.1 Å². The lowest BCUT2D eigenvalue weighted by Crippen LogP contribution is -2.18. The lowest BCUT2D eigenvalue weighted by molar-refractivity contribution is 0.0728. The van der Waals surface area contributed by atoms with Crippen molar-refractivity contribution in [1.82, 2.24) is 5.43 Å². The van der Waals surface area contributed by atoms with Crippen molar-refractivity contribution in [3.05, 3.63) is 85.4 Å². The quantitative estimate of drug-likeness (QED) is 0.133. The van der Waals surface area contributed by atoms with E-state index >= 15 is 0 Å². The molecule has 3 rings (SSSR count). The number of hydrogen-bond acceptors (Lipinski definition) is 6. The Morgan fingerprint density at radius 1 is 1.00 bits per heavy atom. The molecule has 0 fully saturated rings. The summed E-state index contributed by atoms with van der Waals surface area (Å²) in [5.74, 6) is 0.194. The summed E-state index contributed by atoms with van der Waals surface area (Å²) in [6.45, 7) is 0. The fraction of sp³-hybridized carbons (Fsp3) is 0.0870. The predicted molar refractivity (Wildman–Crippen MR) is 133 cm³/mol. The molecule has 0 spiro atoms. The minimum atomic E-state index is -0.488. The summed E-state index contributed by atoms with van der Waals surface area (Å²) in [5, 5.41) is 4.02. The average molecular weight is 609 g/mol. The second-order valence-electron chi connectivity index (χ2n) is 6.33. The van der Waals surface area contributed by atoms with Crippen molar-refractivity contribution in [3.63, 3.8) is 0 Å². The first-order valence-corrected chi connectivity index (χ1v) is 11.1. The highest BCUT2D eigenvalue weighted by molar-refractivity contribution is 14.1. The Labute approximate surface area is 207 Å². The van der Waals surface area contributed by atoms with Crippen LogP contribution in [-0.2, 0) is 0 Å². The van der Waals surface area contributed by atoms with E-state index < -0.39 is 11.9 Å². The van der Waals surface area contributed by atoms with Crippen LogP contribution in [0.15, 0.2) is 70.2 Å². The van der Waals surface area contributed by atoms with Gasteiger partial charge >= 0.3 is 5.97 Å². The summed E-state index contributed by atoms with van der Waals surface area (Å²) >= 11 is 5.38. The van der Waals surface area contributed by atoms with Gasteiger partial charge in [-0.25, -0.2) is 10.2 Å². The highest BCUT2D eigenvalue weighted by Gasteiger charge is 2.17. The van der Waals surface area contributed by atoms with Gasteiger partial charge in [0.15, 0.2) is 11.5 Å². The van der Waals surface area contributed by atoms with Gasteiger partial charge < -0.3 is 14.2 Å². The van der Waals surface area contributed by atoms with Gasteiger partial charge in [0.1, 0.15) is 5.75 Å². The van der Waals surface area contributed by atoms with Gasteiger partial charge in [0.05, 0.1) is 35.1 Å². The van der Waals surface area contributed by atoms with Crippen molar-refractivity contribution < 1.29 is 23.8 Å². The molecule has 0 atom stereocenters. The molecule has 0 aliphatic heterocycles. The molecule has 0 unspecified atom stereocenters. The minimum Gasteiger partial charge on any atom is -0.496 e. The van der Waals surface area contributed by atoms with E-state index in [0.29, 0.717) is 37.5 Å². The Bertz CT molecular complexity index is 1170. The van der Waals surface area contributed by atoms with E-state index in [1.165, 1.54) is 20.4 Å². The van der Waals surface area contributed by atoms with Crippen LogP contribution in [0.1, 0.15) is 26.3 Å². The number of hydrazone groups is 1. The number of hydrogen-bond donors (Lipinski definition) is 1. The van der Waals surface area contributed by atoms with E-state index in [-0.39, 0.29) is 0 Å². The van der Waals surface area contributed by atoms with E-state index in [0.717, 1.165) is 4.47 Å². The largest absolute Gasteiger partial charge is 0.496 e. The van der Waals surface area contributed by atoms with E-state index in [1.807, 2.05) is 28.7 Å². The molecule has 32 heavy (non-hydrogen) atoms. The fourth-order valence-corrected chi connectivity index (χ4v) is 3.82. The molecule has 3 aromatic carbocycles. The fourth-order valence-electron chi connectivity index (χ4n) is 2.72. The van der Waals surface area contributed by atoms with Crippen molar-refractivity contribution in [1.29, 1.82) is 0 Å². The zero-order valence-electron chi connectivity index (χ0n) is 17.1. The maximum atomic E-state index is 12.5. The smallest absolute Gasteiger partial charge is 0.343 e. The first kappa shape index (κ1) is 23.7. The number of benzene rings is 3. The molecule has 0 radical (unpaired) electrons. The summed E-state index contributed by atoms with van der Waals surface area (Å²) in [4.78, 5) is 24.9. The van der Waals surface area contributed by atoms with Crippen molar-refractivity contribution in [2.75, 3.05) is 14.2 Å². The monoisotopic (exact) mass is 608 g/mol. The van der Waals surface area contributed by atoms with Gasteiger partial charge in [0.25, 0.3) is 5.91 Å². The normalized spacial score (nSPS) is 10.6. The number of esters is 1. The summed E-state index contributed by atoms with van der Waals surface area (Å²) in [7, 11) is 2.97. The number of carbonyl (C=O) groups is 2. The van der Waals surface area contributed by atoms with Crippen molar-refractivity contribution in [2.24, 2.45) is 5.10 Å². The van der Waals surface area contributed by atoms with Crippen LogP contribution < -0.4 is 19.6 Å². The molecule has 9 heteroatoms. The molecule has 0 aromatic heterocycles.